The molecule has 11 heteroatoms. The number of fused-ring (bicyclic) bond motifs is 2. The monoisotopic (exact) mass is 478 g/mol. The zero-order valence-corrected chi connectivity index (χ0v) is 17.8. The number of nitrogens with one attached hydrogen (secondary N) is 2. The van der Waals surface area contributed by atoms with Gasteiger partial charge in [-0.1, -0.05) is 36.4 Å². The van der Waals surface area contributed by atoms with Crippen LogP contribution in [0.25, 0.3) is 0 Å². The number of hydrogen-bond donors (Lipinski definition) is 3. The minimum atomic E-state index is -5.08. The molecule has 1 atom stereocenters. The van der Waals surface area contributed by atoms with Crippen LogP contribution in [0.3, 0.4) is 0 Å². The predicted octanol–water partition coefficient (Wildman–Crippen LogP) is 2.80. The molecule has 2 aliphatic rings. The summed E-state index contributed by atoms with van der Waals surface area (Å²) in [7, 11) is 0. The molecule has 0 spiro atoms. The summed E-state index contributed by atoms with van der Waals surface area (Å²) >= 11 is 0. The molecule has 1 heterocycles. The second kappa shape index (κ2) is 10.5. The number of ketones is 2. The minimum Gasteiger partial charge on any atom is -0.475 e. The lowest BCUT2D eigenvalue weighted by atomic mass is 9.83. The average molecular weight is 478 g/mol. The van der Waals surface area contributed by atoms with Gasteiger partial charge in [-0.25, -0.2) is 4.79 Å². The number of hydrogen-bond acceptors (Lipinski definition) is 7. The Balaban J connectivity index is 0.000000406. The maximum absolute atomic E-state index is 12.9. The first-order chi connectivity index (χ1) is 16.1. The van der Waals surface area contributed by atoms with Crippen LogP contribution in [0.2, 0.25) is 0 Å². The Kier molecular flexibility index (Phi) is 7.67. The molecule has 2 aromatic carbocycles. The number of aliphatic carboxylic acids is 1. The second-order valence-corrected chi connectivity index (χ2v) is 7.48. The molecule has 4 rings (SSSR count). The third kappa shape index (κ3) is 5.60. The number of carbonyl (C=O) groups excluding carboxylic acids is 3. The van der Waals surface area contributed by atoms with E-state index in [1.54, 1.807) is 42.5 Å². The molecule has 3 N–H and O–H groups in total. The van der Waals surface area contributed by atoms with Crippen LogP contribution in [0, 0.1) is 0 Å². The first-order valence-corrected chi connectivity index (χ1v) is 10.4. The highest BCUT2D eigenvalue weighted by Crippen LogP contribution is 2.31. The Hall–Kier alpha value is -3.73. The summed E-state index contributed by atoms with van der Waals surface area (Å²) in [5.41, 5.74) is 2.21. The lowest BCUT2D eigenvalue weighted by Crippen LogP contribution is -2.33. The van der Waals surface area contributed by atoms with Crippen molar-refractivity contribution in [2.75, 3.05) is 25.0 Å². The maximum atomic E-state index is 12.9. The van der Waals surface area contributed by atoms with Gasteiger partial charge < -0.3 is 20.5 Å². The molecule has 2 aromatic rings. The van der Waals surface area contributed by atoms with E-state index < -0.39 is 12.1 Å². The van der Waals surface area contributed by atoms with Crippen molar-refractivity contribution in [3.05, 3.63) is 64.7 Å². The molecule has 0 saturated carbocycles. The molecule has 1 unspecified atom stereocenters. The van der Waals surface area contributed by atoms with Crippen molar-refractivity contribution in [2.45, 2.75) is 25.1 Å². The third-order valence-corrected chi connectivity index (χ3v) is 5.20. The summed E-state index contributed by atoms with van der Waals surface area (Å²) in [6.45, 7) is 1.39. The van der Waals surface area contributed by atoms with Gasteiger partial charge in [0.05, 0.1) is 5.56 Å². The van der Waals surface area contributed by atoms with E-state index in [4.69, 9.17) is 14.6 Å². The largest absolute Gasteiger partial charge is 0.490 e. The van der Waals surface area contributed by atoms with E-state index in [-0.39, 0.29) is 30.2 Å². The molecule has 0 radical (unpaired) electrons. The number of esters is 1. The van der Waals surface area contributed by atoms with Crippen LogP contribution in [0.1, 0.15) is 44.7 Å². The van der Waals surface area contributed by atoms with Gasteiger partial charge >= 0.3 is 18.1 Å². The third-order valence-electron chi connectivity index (χ3n) is 5.20. The Labute approximate surface area is 192 Å². The van der Waals surface area contributed by atoms with E-state index in [2.05, 4.69) is 10.6 Å². The predicted molar refractivity (Wildman–Crippen MR) is 114 cm³/mol. The number of carboxylic acid groups (broad SMARTS) is 1. The lowest BCUT2D eigenvalue weighted by molar-refractivity contribution is -0.192. The number of halogens is 3. The van der Waals surface area contributed by atoms with Gasteiger partial charge in [0.25, 0.3) is 0 Å². The van der Waals surface area contributed by atoms with Crippen LogP contribution in [0.4, 0.5) is 18.9 Å². The Morgan fingerprint density at radius 3 is 2.24 bits per heavy atom. The maximum Gasteiger partial charge on any atom is 0.490 e. The normalized spacial score (nSPS) is 16.6. The van der Waals surface area contributed by atoms with Crippen molar-refractivity contribution in [1.82, 2.24) is 5.32 Å². The molecule has 34 heavy (non-hydrogen) atoms. The van der Waals surface area contributed by atoms with Crippen LogP contribution in [-0.2, 0) is 14.3 Å². The summed E-state index contributed by atoms with van der Waals surface area (Å²) in [6.07, 6.45) is -3.31. The highest BCUT2D eigenvalue weighted by Gasteiger charge is 2.38. The van der Waals surface area contributed by atoms with Crippen molar-refractivity contribution in [3.63, 3.8) is 0 Å². The molecule has 0 aromatic heterocycles. The Morgan fingerprint density at radius 2 is 1.65 bits per heavy atom. The Morgan fingerprint density at radius 1 is 1.03 bits per heavy atom. The van der Waals surface area contributed by atoms with Crippen LogP contribution < -0.4 is 10.6 Å². The van der Waals surface area contributed by atoms with E-state index in [1.807, 2.05) is 0 Å². The molecule has 180 valence electrons. The van der Waals surface area contributed by atoms with E-state index in [0.29, 0.717) is 34.5 Å². The average Bonchev–Trinajstić information content (AvgIpc) is 3.35. The summed E-state index contributed by atoms with van der Waals surface area (Å²) in [5.74, 6) is -3.32. The zero-order chi connectivity index (χ0) is 24.9. The number of carboxylic acids is 1. The van der Waals surface area contributed by atoms with Crippen molar-refractivity contribution in [3.8, 4) is 0 Å². The molecule has 1 saturated heterocycles. The van der Waals surface area contributed by atoms with E-state index in [9.17, 15) is 27.6 Å². The first kappa shape index (κ1) is 24.9. The second-order valence-electron chi connectivity index (χ2n) is 7.48. The van der Waals surface area contributed by atoms with Gasteiger partial charge in [0.1, 0.15) is 12.6 Å². The highest BCUT2D eigenvalue weighted by atomic mass is 19.4. The molecule has 8 nitrogen and oxygen atoms in total. The molecular weight excluding hydrogens is 457 g/mol. The number of alkyl halides is 3. The fourth-order valence-electron chi connectivity index (χ4n) is 3.62. The first-order valence-electron chi connectivity index (χ1n) is 10.4. The number of benzene rings is 2. The quantitative estimate of drug-likeness (QED) is 0.378. The number of ether oxygens (including phenoxy) is 1. The highest BCUT2D eigenvalue weighted by molar-refractivity contribution is 6.30. The van der Waals surface area contributed by atoms with Crippen LogP contribution in [0.5, 0.6) is 0 Å². The summed E-state index contributed by atoms with van der Waals surface area (Å²) in [4.78, 5) is 46.4. The smallest absolute Gasteiger partial charge is 0.475 e. The molecule has 0 bridgehead atoms. The van der Waals surface area contributed by atoms with Gasteiger partial charge in [0.2, 0.25) is 0 Å². The number of rotatable bonds is 5. The Bertz CT molecular complexity index is 1110. The summed E-state index contributed by atoms with van der Waals surface area (Å²) in [6, 6.07) is 11.8. The van der Waals surface area contributed by atoms with Crippen molar-refractivity contribution in [1.29, 1.82) is 0 Å². The van der Waals surface area contributed by atoms with Crippen molar-refractivity contribution >= 4 is 29.2 Å². The van der Waals surface area contributed by atoms with Crippen LogP contribution in [-0.4, -0.2) is 60.5 Å². The van der Waals surface area contributed by atoms with Crippen LogP contribution >= 0.6 is 0 Å². The summed E-state index contributed by atoms with van der Waals surface area (Å²) < 4.78 is 37.0. The van der Waals surface area contributed by atoms with Gasteiger partial charge in [-0.2, -0.15) is 13.2 Å². The van der Waals surface area contributed by atoms with Gasteiger partial charge in [-0.05, 0) is 25.5 Å². The molecule has 1 fully saturated rings. The number of carbonyl (C=O) groups is 4. The topological polar surface area (TPSA) is 122 Å². The molecule has 1 aliphatic carbocycles. The van der Waals surface area contributed by atoms with Gasteiger partial charge in [0.15, 0.2) is 11.6 Å². The fourth-order valence-corrected chi connectivity index (χ4v) is 3.62. The number of anilines is 1. The van der Waals surface area contributed by atoms with Gasteiger partial charge in [-0.3, -0.25) is 14.4 Å². The van der Waals surface area contributed by atoms with Gasteiger partial charge in [0, 0.05) is 28.9 Å². The molecular formula is C23H21F3N2O6. The standard InChI is InChI=1S/C21H20N2O4.C2HF3O2/c24-19-13-5-1-2-6-14(13)20(25)18-15(19)7-3-8-16(18)23-11-12-27-21(26)17-9-4-10-22-17;3-2(4,5)1(6)7/h1-3,5-8,17,22-23H,4,9-12H2;(H,6,7). The van der Waals surface area contributed by atoms with Crippen molar-refractivity contribution < 1.29 is 42.2 Å². The molecule has 1 aliphatic heterocycles. The van der Waals surface area contributed by atoms with Crippen LogP contribution in [0.15, 0.2) is 42.5 Å². The zero-order valence-electron chi connectivity index (χ0n) is 17.8. The van der Waals surface area contributed by atoms with Crippen molar-refractivity contribution in [2.24, 2.45) is 0 Å². The van der Waals surface area contributed by atoms with E-state index in [1.165, 1.54) is 0 Å². The van der Waals surface area contributed by atoms with E-state index in [0.717, 1.165) is 19.4 Å². The SMILES string of the molecule is O=C(O)C(F)(F)F.O=C1c2ccccc2C(=O)c2c(NCCOC(=O)C3CCCN3)cccc21. The lowest BCUT2D eigenvalue weighted by Gasteiger charge is -2.20. The minimum absolute atomic E-state index is 0.150. The molecule has 0 amide bonds. The van der Waals surface area contributed by atoms with Gasteiger partial charge in [-0.15, -0.1) is 0 Å². The summed E-state index contributed by atoms with van der Waals surface area (Å²) in [5, 5.41) is 13.4. The fraction of sp³-hybridized carbons (Fsp3) is 0.304. The van der Waals surface area contributed by atoms with E-state index >= 15 is 0 Å².